The Kier molecular flexibility index (Phi) is 6.50. The van der Waals surface area contributed by atoms with Gasteiger partial charge in [0.1, 0.15) is 17.6 Å². The molecule has 0 aliphatic rings. The predicted molar refractivity (Wildman–Crippen MR) is 133 cm³/mol. The normalized spacial score (nSPS) is 12.1. The van der Waals surface area contributed by atoms with Crippen molar-refractivity contribution in [2.24, 2.45) is 10.7 Å². The molecule has 4 rings (SSSR count). The van der Waals surface area contributed by atoms with E-state index in [0.29, 0.717) is 45.6 Å². The molecule has 0 radical (unpaired) electrons. The summed E-state index contributed by atoms with van der Waals surface area (Å²) in [5, 5.41) is 20.4. The summed E-state index contributed by atoms with van der Waals surface area (Å²) in [5.41, 5.74) is 11.9. The molecule has 34 heavy (non-hydrogen) atoms. The first kappa shape index (κ1) is 22.5. The number of nitriles is 1. The average molecular weight is 450 g/mol. The molecule has 0 spiro atoms. The molecule has 0 unspecified atom stereocenters. The Morgan fingerprint density at radius 1 is 1.03 bits per heavy atom. The van der Waals surface area contributed by atoms with Crippen LogP contribution in [0.3, 0.4) is 0 Å². The van der Waals surface area contributed by atoms with Gasteiger partial charge in [-0.3, -0.25) is 9.98 Å². The van der Waals surface area contributed by atoms with Crippen molar-refractivity contribution >= 4 is 40.2 Å². The molecule has 0 bridgehead atoms. The van der Waals surface area contributed by atoms with Crippen molar-refractivity contribution in [3.05, 3.63) is 77.4 Å². The van der Waals surface area contributed by atoms with Gasteiger partial charge in [0, 0.05) is 48.1 Å². The van der Waals surface area contributed by atoms with Crippen LogP contribution in [0, 0.1) is 11.3 Å². The van der Waals surface area contributed by atoms with Crippen LogP contribution in [-0.4, -0.2) is 38.4 Å². The Hall–Kier alpha value is -4.71. The zero-order valence-corrected chi connectivity index (χ0v) is 19.1. The lowest BCUT2D eigenvalue weighted by Gasteiger charge is -2.11. The number of pyridine rings is 3. The Morgan fingerprint density at radius 3 is 2.56 bits per heavy atom. The third kappa shape index (κ3) is 4.86. The molecule has 0 saturated carbocycles. The van der Waals surface area contributed by atoms with Gasteiger partial charge in [0.2, 0.25) is 0 Å². The molecule has 0 aliphatic heterocycles. The van der Waals surface area contributed by atoms with Gasteiger partial charge in [0.05, 0.1) is 17.2 Å². The first-order chi connectivity index (χ1) is 16.5. The van der Waals surface area contributed by atoms with Gasteiger partial charge in [0.25, 0.3) is 0 Å². The minimum atomic E-state index is 0.322. The smallest absolute Gasteiger partial charge is 0.154 e. The first-order valence-corrected chi connectivity index (χ1v) is 10.6. The van der Waals surface area contributed by atoms with Crippen molar-refractivity contribution in [3.8, 4) is 6.07 Å². The lowest BCUT2D eigenvalue weighted by Crippen LogP contribution is -2.04. The molecule has 3 N–H and O–H groups in total. The second-order valence-electron chi connectivity index (χ2n) is 7.87. The van der Waals surface area contributed by atoms with Crippen LogP contribution < -0.4 is 11.1 Å². The molecule has 0 amide bonds. The third-order valence-corrected chi connectivity index (χ3v) is 5.18. The molecule has 0 atom stereocenters. The molecule has 4 aromatic rings. The fraction of sp³-hybridized carbons (Fsp3) is 0.160. The summed E-state index contributed by atoms with van der Waals surface area (Å²) in [6.45, 7) is 4.21. The third-order valence-electron chi connectivity index (χ3n) is 5.18. The largest absolute Gasteiger partial charge is 0.398 e. The molecule has 0 saturated heterocycles. The zero-order chi connectivity index (χ0) is 24.1. The monoisotopic (exact) mass is 449 g/mol. The van der Waals surface area contributed by atoms with Crippen molar-refractivity contribution in [1.82, 2.24) is 25.1 Å². The lowest BCUT2D eigenvalue weighted by atomic mass is 10.0. The van der Waals surface area contributed by atoms with E-state index in [1.165, 1.54) is 0 Å². The number of nitrogens with two attached hydrogens (primary N) is 1. The first-order valence-electron chi connectivity index (χ1n) is 10.6. The Morgan fingerprint density at radius 2 is 1.85 bits per heavy atom. The van der Waals surface area contributed by atoms with Crippen LogP contribution in [-0.2, 0) is 0 Å². The van der Waals surface area contributed by atoms with E-state index in [9.17, 15) is 0 Å². The van der Waals surface area contributed by atoms with Crippen molar-refractivity contribution in [2.45, 2.75) is 19.8 Å². The number of hydrogen-bond donors (Lipinski definition) is 2. The van der Waals surface area contributed by atoms with Crippen LogP contribution in [0.2, 0.25) is 0 Å². The number of nitrogens with zero attached hydrogens (tertiary/aromatic N) is 7. The van der Waals surface area contributed by atoms with Gasteiger partial charge in [-0.1, -0.05) is 13.8 Å². The van der Waals surface area contributed by atoms with E-state index in [2.05, 4.69) is 44.3 Å². The number of aliphatic imine (C=N–C) groups is 1. The topological polar surface area (TPSA) is 139 Å². The van der Waals surface area contributed by atoms with E-state index >= 15 is 0 Å². The molecular formula is C25H23N9. The van der Waals surface area contributed by atoms with Crippen LogP contribution in [0.1, 0.15) is 42.1 Å². The highest BCUT2D eigenvalue weighted by Gasteiger charge is 2.11. The minimum Gasteiger partial charge on any atom is -0.398 e. The highest BCUT2D eigenvalue weighted by molar-refractivity contribution is 6.19. The molecule has 4 aromatic heterocycles. The van der Waals surface area contributed by atoms with Gasteiger partial charge >= 0.3 is 0 Å². The van der Waals surface area contributed by atoms with E-state index in [4.69, 9.17) is 16.0 Å². The Bertz CT molecular complexity index is 1430. The highest BCUT2D eigenvalue weighted by atomic mass is 15.2. The maximum Gasteiger partial charge on any atom is 0.154 e. The molecule has 168 valence electrons. The predicted octanol–water partition coefficient (Wildman–Crippen LogP) is 4.08. The van der Waals surface area contributed by atoms with Gasteiger partial charge in [-0.25, -0.2) is 9.97 Å². The molecule has 0 aliphatic carbocycles. The SMILES string of the molecule is CN=CC(=C(N)c1ccc(C#N)nc1)c1cnc2ccc(Nc3cc(C(C)C)cnn3)nc2c1. The summed E-state index contributed by atoms with van der Waals surface area (Å²) in [7, 11) is 1.67. The Balaban J connectivity index is 1.72. The number of nitrogens with one attached hydrogen (secondary N) is 1. The number of allylic oxidation sites excluding steroid dienone is 1. The van der Waals surface area contributed by atoms with Gasteiger partial charge < -0.3 is 11.1 Å². The standard InChI is InChI=1S/C25H23N9/c1-15(2)17-9-24(34-31-13-17)33-23-7-6-21-22(32-23)8-18(12-30-21)20(14-28-3)25(27)16-4-5-19(10-26)29-11-16/h4-9,11-15H,27H2,1-3H3,(H,32,33,34). The second kappa shape index (κ2) is 9.83. The van der Waals surface area contributed by atoms with Crippen molar-refractivity contribution < 1.29 is 0 Å². The van der Waals surface area contributed by atoms with Crippen LogP contribution in [0.25, 0.3) is 22.3 Å². The second-order valence-corrected chi connectivity index (χ2v) is 7.87. The van der Waals surface area contributed by atoms with E-state index in [-0.39, 0.29) is 0 Å². The number of anilines is 2. The summed E-state index contributed by atoms with van der Waals surface area (Å²) in [5.74, 6) is 1.59. The van der Waals surface area contributed by atoms with Gasteiger partial charge in [-0.05, 0) is 47.9 Å². The minimum absolute atomic E-state index is 0.322. The molecule has 9 heteroatoms. The maximum atomic E-state index is 8.99. The highest BCUT2D eigenvalue weighted by Crippen LogP contribution is 2.25. The molecular weight excluding hydrogens is 426 g/mol. The zero-order valence-electron chi connectivity index (χ0n) is 19.1. The quantitative estimate of drug-likeness (QED) is 0.420. The molecule has 9 nitrogen and oxygen atoms in total. The van der Waals surface area contributed by atoms with Gasteiger partial charge in [0.15, 0.2) is 5.82 Å². The number of fused-ring (bicyclic) bond motifs is 1. The van der Waals surface area contributed by atoms with E-state index in [1.807, 2.05) is 30.3 Å². The van der Waals surface area contributed by atoms with Crippen LogP contribution in [0.15, 0.2) is 60.0 Å². The van der Waals surface area contributed by atoms with Crippen LogP contribution in [0.4, 0.5) is 11.6 Å². The number of hydrogen-bond acceptors (Lipinski definition) is 9. The fourth-order valence-electron chi connectivity index (χ4n) is 3.32. The molecule has 0 aromatic carbocycles. The van der Waals surface area contributed by atoms with Crippen LogP contribution in [0.5, 0.6) is 0 Å². The van der Waals surface area contributed by atoms with Crippen molar-refractivity contribution in [3.63, 3.8) is 0 Å². The molecule has 4 heterocycles. The number of aromatic nitrogens is 5. The summed E-state index contributed by atoms with van der Waals surface area (Å²) in [4.78, 5) is 17.5. The summed E-state index contributed by atoms with van der Waals surface area (Å²) in [6.07, 6.45) is 6.73. The van der Waals surface area contributed by atoms with E-state index < -0.39 is 0 Å². The van der Waals surface area contributed by atoms with Crippen molar-refractivity contribution in [2.75, 3.05) is 12.4 Å². The lowest BCUT2D eigenvalue weighted by molar-refractivity contribution is 0.843. The maximum absolute atomic E-state index is 8.99. The molecule has 0 fully saturated rings. The summed E-state index contributed by atoms with van der Waals surface area (Å²) in [6, 6.07) is 13.0. The van der Waals surface area contributed by atoms with E-state index in [1.54, 1.807) is 44.0 Å². The van der Waals surface area contributed by atoms with Crippen molar-refractivity contribution in [1.29, 1.82) is 5.26 Å². The van der Waals surface area contributed by atoms with Crippen LogP contribution >= 0.6 is 0 Å². The van der Waals surface area contributed by atoms with E-state index in [0.717, 1.165) is 16.6 Å². The summed E-state index contributed by atoms with van der Waals surface area (Å²) < 4.78 is 0. The summed E-state index contributed by atoms with van der Waals surface area (Å²) >= 11 is 0. The fourth-order valence-corrected chi connectivity index (χ4v) is 3.32. The average Bonchev–Trinajstić information content (AvgIpc) is 2.86. The number of rotatable bonds is 6. The van der Waals surface area contributed by atoms with Gasteiger partial charge in [-0.15, -0.1) is 5.10 Å². The van der Waals surface area contributed by atoms with Gasteiger partial charge in [-0.2, -0.15) is 10.4 Å². The Labute approximate surface area is 197 Å².